The number of carbonyl (C=O) groups is 1. The molecule has 1 heteroatoms. The van der Waals surface area contributed by atoms with E-state index in [1.807, 2.05) is 0 Å². The van der Waals surface area contributed by atoms with Gasteiger partial charge in [0.15, 0.2) is 0 Å². The van der Waals surface area contributed by atoms with Crippen LogP contribution in [0.25, 0.3) is 0 Å². The molecule has 0 saturated carbocycles. The van der Waals surface area contributed by atoms with Crippen LogP contribution in [0.4, 0.5) is 0 Å². The van der Waals surface area contributed by atoms with E-state index in [9.17, 15) is 4.79 Å². The maximum Gasteiger partial charge on any atom is 0.144 e. The third kappa shape index (κ3) is 5.25. The van der Waals surface area contributed by atoms with Crippen LogP contribution in [0.3, 0.4) is 0 Å². The molecule has 1 unspecified atom stereocenters. The summed E-state index contributed by atoms with van der Waals surface area (Å²) in [5.74, 6) is 0.415. The van der Waals surface area contributed by atoms with E-state index in [0.29, 0.717) is 5.78 Å². The van der Waals surface area contributed by atoms with Crippen molar-refractivity contribution in [2.24, 2.45) is 21.7 Å². The average molecular weight is 309 g/mol. The minimum absolute atomic E-state index is 0.00587. The van der Waals surface area contributed by atoms with Crippen LogP contribution in [-0.2, 0) is 4.79 Å². The number of hydrogen-bond acceptors (Lipinski definition) is 1. The molecule has 0 radical (unpaired) electrons. The molecule has 0 rings (SSSR count). The first-order valence-electron chi connectivity index (χ1n) is 8.84. The molecule has 0 spiro atoms. The Kier molecular flexibility index (Phi) is 6.70. The predicted molar refractivity (Wildman–Crippen MR) is 99.1 cm³/mol. The molecule has 0 aliphatic carbocycles. The van der Waals surface area contributed by atoms with Crippen LogP contribution in [0.5, 0.6) is 0 Å². The number of Topliss-reactive ketones (excluding diaryl/α,β-unsaturated/α-hetero) is 1. The minimum Gasteiger partial charge on any atom is -0.298 e. The Bertz CT molecular complexity index is 412. The summed E-state index contributed by atoms with van der Waals surface area (Å²) in [7, 11) is 0. The van der Waals surface area contributed by atoms with Crippen molar-refractivity contribution in [3.05, 3.63) is 12.2 Å². The molecule has 0 aromatic rings. The number of rotatable bonds is 9. The first-order chi connectivity index (χ1) is 9.63. The fraction of sp³-hybridized carbons (Fsp3) is 0.857. The molecular formula is C21H40O. The summed E-state index contributed by atoms with van der Waals surface area (Å²) in [5.41, 5.74) is 0.792. The minimum atomic E-state index is -0.322. The monoisotopic (exact) mass is 308 g/mol. The summed E-state index contributed by atoms with van der Waals surface area (Å²) in [6.45, 7) is 25.9. The van der Waals surface area contributed by atoms with Crippen LogP contribution in [0.15, 0.2) is 12.2 Å². The zero-order valence-corrected chi connectivity index (χ0v) is 16.9. The van der Waals surface area contributed by atoms with Gasteiger partial charge in [-0.25, -0.2) is 0 Å². The van der Waals surface area contributed by atoms with Gasteiger partial charge in [0, 0.05) is 10.8 Å². The molecule has 130 valence electrons. The average Bonchev–Trinajstić information content (AvgIpc) is 2.35. The van der Waals surface area contributed by atoms with Gasteiger partial charge in [-0.3, -0.25) is 4.79 Å². The molecule has 0 saturated heterocycles. The van der Waals surface area contributed by atoms with Gasteiger partial charge in [-0.1, -0.05) is 80.9 Å². The molecule has 1 nitrogen and oxygen atoms in total. The third-order valence-corrected chi connectivity index (χ3v) is 5.81. The molecule has 22 heavy (non-hydrogen) atoms. The number of ketones is 1. The maximum absolute atomic E-state index is 13.4. The highest BCUT2D eigenvalue weighted by molar-refractivity contribution is 5.89. The van der Waals surface area contributed by atoms with Gasteiger partial charge < -0.3 is 0 Å². The zero-order chi connectivity index (χ0) is 18.0. The van der Waals surface area contributed by atoms with E-state index in [1.165, 1.54) is 0 Å². The Balaban J connectivity index is 5.45. The van der Waals surface area contributed by atoms with Gasteiger partial charge in [0.1, 0.15) is 5.78 Å². The second-order valence-electron chi connectivity index (χ2n) is 9.66. The van der Waals surface area contributed by atoms with Crippen LogP contribution in [-0.4, -0.2) is 5.78 Å². The topological polar surface area (TPSA) is 17.1 Å². The van der Waals surface area contributed by atoms with Crippen molar-refractivity contribution in [1.29, 1.82) is 0 Å². The summed E-state index contributed by atoms with van der Waals surface area (Å²) in [5, 5.41) is 0. The van der Waals surface area contributed by atoms with E-state index in [2.05, 4.69) is 75.8 Å². The lowest BCUT2D eigenvalue weighted by atomic mass is 9.60. The van der Waals surface area contributed by atoms with Crippen molar-refractivity contribution < 1.29 is 4.79 Å². The van der Waals surface area contributed by atoms with Gasteiger partial charge in [-0.05, 0) is 37.0 Å². The number of hydrogen-bond donors (Lipinski definition) is 0. The molecule has 0 aromatic carbocycles. The van der Waals surface area contributed by atoms with Crippen molar-refractivity contribution in [2.45, 2.75) is 94.9 Å². The quantitative estimate of drug-likeness (QED) is 0.427. The van der Waals surface area contributed by atoms with Gasteiger partial charge in [0.2, 0.25) is 0 Å². The fourth-order valence-corrected chi connectivity index (χ4v) is 3.70. The fourth-order valence-electron chi connectivity index (χ4n) is 3.70. The van der Waals surface area contributed by atoms with Crippen molar-refractivity contribution >= 4 is 5.78 Å². The lowest BCUT2D eigenvalue weighted by Crippen LogP contribution is -2.43. The predicted octanol–water partition coefficient (Wildman–Crippen LogP) is 6.82. The summed E-state index contributed by atoms with van der Waals surface area (Å²) in [4.78, 5) is 13.4. The summed E-state index contributed by atoms with van der Waals surface area (Å²) < 4.78 is 0. The Morgan fingerprint density at radius 2 is 1.27 bits per heavy atom. The Morgan fingerprint density at radius 3 is 1.59 bits per heavy atom. The lowest BCUT2D eigenvalue weighted by Gasteiger charge is -2.43. The molecule has 0 amide bonds. The van der Waals surface area contributed by atoms with Crippen LogP contribution in [0, 0.1) is 21.7 Å². The lowest BCUT2D eigenvalue weighted by molar-refractivity contribution is -0.140. The molecular weight excluding hydrogens is 268 g/mol. The maximum atomic E-state index is 13.4. The first kappa shape index (κ1) is 21.4. The van der Waals surface area contributed by atoms with E-state index in [-0.39, 0.29) is 21.7 Å². The molecule has 0 N–H and O–H groups in total. The molecule has 0 aliphatic rings. The van der Waals surface area contributed by atoms with Gasteiger partial charge >= 0.3 is 0 Å². The van der Waals surface area contributed by atoms with E-state index >= 15 is 0 Å². The van der Waals surface area contributed by atoms with E-state index in [4.69, 9.17) is 0 Å². The molecule has 0 aromatic heterocycles. The van der Waals surface area contributed by atoms with Crippen molar-refractivity contribution in [3.8, 4) is 0 Å². The third-order valence-electron chi connectivity index (χ3n) is 5.81. The molecule has 0 heterocycles. The second kappa shape index (κ2) is 6.89. The molecule has 0 fully saturated rings. The first-order valence-corrected chi connectivity index (χ1v) is 8.84. The SMILES string of the molecule is C=C(C)C(C)(C)CC(C)(C)C(=O)C(C)(CC)CC(C)(C)CC. The highest BCUT2D eigenvalue weighted by Crippen LogP contribution is 2.47. The Morgan fingerprint density at radius 1 is 0.818 bits per heavy atom. The summed E-state index contributed by atoms with van der Waals surface area (Å²) in [6.07, 6.45) is 3.83. The van der Waals surface area contributed by atoms with Crippen LogP contribution < -0.4 is 0 Å². The van der Waals surface area contributed by atoms with Gasteiger partial charge in [0.05, 0.1) is 0 Å². The van der Waals surface area contributed by atoms with Crippen LogP contribution in [0.1, 0.15) is 94.9 Å². The highest BCUT2D eigenvalue weighted by Gasteiger charge is 2.45. The summed E-state index contributed by atoms with van der Waals surface area (Å²) in [6, 6.07) is 0. The van der Waals surface area contributed by atoms with E-state index < -0.39 is 0 Å². The normalized spacial score (nSPS) is 16.3. The standard InChI is InChI=1S/C21H40O/c1-12-18(5,6)14-21(11,13-2)17(22)20(9,10)15-19(7,8)16(3)4/h3,12-15H2,1-2,4-11H3. The Hall–Kier alpha value is -0.590. The van der Waals surface area contributed by atoms with E-state index in [1.54, 1.807) is 0 Å². The van der Waals surface area contributed by atoms with Crippen molar-refractivity contribution in [2.75, 3.05) is 0 Å². The highest BCUT2D eigenvalue weighted by atomic mass is 16.1. The van der Waals surface area contributed by atoms with Crippen molar-refractivity contribution in [3.63, 3.8) is 0 Å². The molecule has 0 bridgehead atoms. The molecule has 1 atom stereocenters. The Labute approximate surface area is 140 Å². The second-order valence-corrected chi connectivity index (χ2v) is 9.66. The van der Waals surface area contributed by atoms with Crippen molar-refractivity contribution in [1.82, 2.24) is 0 Å². The smallest absolute Gasteiger partial charge is 0.144 e. The summed E-state index contributed by atoms with van der Waals surface area (Å²) >= 11 is 0. The zero-order valence-electron chi connectivity index (χ0n) is 16.9. The van der Waals surface area contributed by atoms with Crippen LogP contribution in [0.2, 0.25) is 0 Å². The number of allylic oxidation sites excluding steroid dienone is 1. The number of carbonyl (C=O) groups excluding carboxylic acids is 1. The van der Waals surface area contributed by atoms with Gasteiger partial charge in [-0.2, -0.15) is 0 Å². The van der Waals surface area contributed by atoms with E-state index in [0.717, 1.165) is 31.3 Å². The van der Waals surface area contributed by atoms with Gasteiger partial charge in [-0.15, -0.1) is 0 Å². The van der Waals surface area contributed by atoms with Gasteiger partial charge in [0.25, 0.3) is 0 Å². The molecule has 0 aliphatic heterocycles. The largest absolute Gasteiger partial charge is 0.298 e. The van der Waals surface area contributed by atoms with Crippen LogP contribution >= 0.6 is 0 Å².